The van der Waals surface area contributed by atoms with Crippen LogP contribution in [0.5, 0.6) is 0 Å². The molecule has 0 radical (unpaired) electrons. The van der Waals surface area contributed by atoms with Crippen molar-refractivity contribution in [2.45, 2.75) is 201 Å². The number of ether oxygens (including phenoxy) is 5. The van der Waals surface area contributed by atoms with Crippen LogP contribution < -0.4 is 16.4 Å². The number of carbonyl (C=O) groups is 10. The van der Waals surface area contributed by atoms with Gasteiger partial charge in [-0.15, -0.1) is 0 Å². The number of benzene rings is 1. The highest BCUT2D eigenvalue weighted by Gasteiger charge is 2.45. The van der Waals surface area contributed by atoms with Crippen molar-refractivity contribution in [3.8, 4) is 0 Å². The SMILES string of the molecule is CC[C@H](O)[C@@H](C)[C@H]1O[C@@H]1C[C@H](C)/C=C/C=C(\C)[C@H]1OC(=O)C[C@H](O)CC[C@@](C)(OC(C)=O)[C@@H](OC(=O)N2CCN(C(=O)OCc3ccc(CC(=O)[C@H](CCCNC(N)=O)NC(=O)[C@@H](CC(=O)CCCCCN4C(=O)C=CC4=O)C(C)C)cc3)CC2)/C=C/[C@@H]1C. The fourth-order valence-electron chi connectivity index (χ4n) is 11.3. The Morgan fingerprint density at radius 1 is 0.888 bits per heavy atom. The number of aliphatic hydroxyl groups excluding tert-OH is 2. The molecule has 4 heterocycles. The Hall–Kier alpha value is -7.24. The first-order chi connectivity index (χ1) is 42.2. The number of Topliss-reactive ketones (excluding diaryl/α,β-unsaturated/α-hetero) is 2. The number of primary amides is 1. The molecule has 4 aliphatic rings. The first-order valence-corrected chi connectivity index (χ1v) is 31.5. The smallest absolute Gasteiger partial charge is 0.410 e. The summed E-state index contributed by atoms with van der Waals surface area (Å²) in [5.74, 6) is -4.02. The van der Waals surface area contributed by atoms with Gasteiger partial charge in [-0.25, -0.2) is 14.4 Å². The lowest BCUT2D eigenvalue weighted by Crippen LogP contribution is -2.53. The zero-order valence-electron chi connectivity index (χ0n) is 53.4. The van der Waals surface area contributed by atoms with Crippen molar-refractivity contribution in [2.24, 2.45) is 35.3 Å². The molecule has 23 nitrogen and oxygen atoms in total. The fourth-order valence-corrected chi connectivity index (χ4v) is 11.3. The van der Waals surface area contributed by atoms with Crippen LogP contribution in [-0.2, 0) is 70.3 Å². The van der Waals surface area contributed by atoms with E-state index in [0.29, 0.717) is 43.2 Å². The van der Waals surface area contributed by atoms with Crippen LogP contribution >= 0.6 is 0 Å². The number of urea groups is 1. The molecule has 5 rings (SSSR count). The molecular formula is C66H96N6O17. The molecule has 89 heavy (non-hydrogen) atoms. The number of piperazine rings is 1. The van der Waals surface area contributed by atoms with Crippen LogP contribution in [0.15, 0.2) is 72.4 Å². The lowest BCUT2D eigenvalue weighted by Gasteiger charge is -2.38. The Labute approximate surface area is 523 Å². The highest BCUT2D eigenvalue weighted by atomic mass is 16.6. The first-order valence-electron chi connectivity index (χ1n) is 31.5. The summed E-state index contributed by atoms with van der Waals surface area (Å²) in [5, 5.41) is 26.7. The van der Waals surface area contributed by atoms with Crippen LogP contribution in [0.25, 0.3) is 0 Å². The molecule has 492 valence electrons. The van der Waals surface area contributed by atoms with Crippen LogP contribution in [0.3, 0.4) is 0 Å². The molecule has 7 amide bonds. The lowest BCUT2D eigenvalue weighted by atomic mass is 9.88. The van der Waals surface area contributed by atoms with Gasteiger partial charge in [0.1, 0.15) is 24.1 Å². The van der Waals surface area contributed by atoms with E-state index < -0.39 is 84.0 Å². The molecule has 1 aromatic carbocycles. The number of cyclic esters (lactones) is 1. The number of carbonyl (C=O) groups excluding carboxylic acids is 10. The van der Waals surface area contributed by atoms with Crippen molar-refractivity contribution in [3.63, 3.8) is 0 Å². The lowest BCUT2D eigenvalue weighted by molar-refractivity contribution is -0.168. The number of amides is 7. The van der Waals surface area contributed by atoms with E-state index in [1.54, 1.807) is 43.3 Å². The number of nitrogens with two attached hydrogens (primary N) is 1. The number of nitrogens with one attached hydrogen (secondary N) is 2. The van der Waals surface area contributed by atoms with Gasteiger partial charge < -0.3 is 60.1 Å². The molecule has 1 aromatic rings. The third-order valence-corrected chi connectivity index (χ3v) is 17.0. The molecule has 4 aliphatic heterocycles. The summed E-state index contributed by atoms with van der Waals surface area (Å²) in [6.45, 7) is 16.9. The maximum atomic E-state index is 14.0. The van der Waals surface area contributed by atoms with Crippen molar-refractivity contribution >= 4 is 59.4 Å². The number of imide groups is 1. The zero-order chi connectivity index (χ0) is 65.5. The van der Waals surface area contributed by atoms with Gasteiger partial charge >= 0.3 is 30.2 Å². The Bertz CT molecular complexity index is 2720. The second kappa shape index (κ2) is 35.2. The van der Waals surface area contributed by atoms with E-state index in [2.05, 4.69) is 17.6 Å². The molecule has 0 saturated carbocycles. The third-order valence-electron chi connectivity index (χ3n) is 17.0. The molecular weight excluding hydrogens is 1150 g/mol. The van der Waals surface area contributed by atoms with Crippen molar-refractivity contribution in [1.82, 2.24) is 25.3 Å². The average molecular weight is 1250 g/mol. The van der Waals surface area contributed by atoms with Gasteiger partial charge in [0.2, 0.25) is 5.91 Å². The van der Waals surface area contributed by atoms with Gasteiger partial charge in [-0.05, 0) is 99.8 Å². The number of hydrogen-bond donors (Lipinski definition) is 5. The van der Waals surface area contributed by atoms with Crippen LogP contribution in [0.1, 0.15) is 150 Å². The normalized spacial score (nSPS) is 24.6. The minimum atomic E-state index is -1.46. The van der Waals surface area contributed by atoms with Crippen molar-refractivity contribution in [3.05, 3.63) is 83.5 Å². The van der Waals surface area contributed by atoms with Crippen molar-refractivity contribution in [2.75, 3.05) is 39.3 Å². The van der Waals surface area contributed by atoms with Gasteiger partial charge in [0.15, 0.2) is 11.9 Å². The van der Waals surface area contributed by atoms with Gasteiger partial charge in [-0.1, -0.05) is 96.5 Å². The molecule has 23 heteroatoms. The second-order valence-electron chi connectivity index (χ2n) is 24.8. The first kappa shape index (κ1) is 72.5. The molecule has 0 bridgehead atoms. The minimum absolute atomic E-state index is 0.0106. The summed E-state index contributed by atoms with van der Waals surface area (Å²) in [6, 6.07) is 5.20. The van der Waals surface area contributed by atoms with E-state index in [9.17, 15) is 58.2 Å². The van der Waals surface area contributed by atoms with Crippen molar-refractivity contribution in [1.29, 1.82) is 0 Å². The highest BCUT2D eigenvalue weighted by Crippen LogP contribution is 2.37. The van der Waals surface area contributed by atoms with E-state index in [1.165, 1.54) is 28.9 Å². The van der Waals surface area contributed by atoms with Gasteiger partial charge in [0.25, 0.3) is 11.8 Å². The Morgan fingerprint density at radius 2 is 1.54 bits per heavy atom. The molecule has 6 N–H and O–H groups in total. The zero-order valence-corrected chi connectivity index (χ0v) is 53.4. The molecule has 0 spiro atoms. The summed E-state index contributed by atoms with van der Waals surface area (Å²) in [6.07, 6.45) is 10.4. The molecule has 0 unspecified atom stereocenters. The Balaban J connectivity index is 1.14. The number of rotatable bonds is 30. The molecule has 2 fully saturated rings. The fraction of sp³-hybridized carbons (Fsp3) is 0.636. The number of hydrogen-bond acceptors (Lipinski definition) is 17. The quantitative estimate of drug-likeness (QED) is 0.00996. The molecule has 0 aliphatic carbocycles. The number of aliphatic hydroxyl groups is 2. The second-order valence-corrected chi connectivity index (χ2v) is 24.8. The number of allylic oxidation sites excluding steroid dienone is 3. The molecule has 12 atom stereocenters. The van der Waals surface area contributed by atoms with Gasteiger partial charge in [-0.2, -0.15) is 0 Å². The largest absolute Gasteiger partial charge is 0.457 e. The summed E-state index contributed by atoms with van der Waals surface area (Å²) in [7, 11) is 0. The van der Waals surface area contributed by atoms with Gasteiger partial charge in [0.05, 0.1) is 36.9 Å². The summed E-state index contributed by atoms with van der Waals surface area (Å²) >= 11 is 0. The monoisotopic (exact) mass is 1240 g/mol. The van der Waals surface area contributed by atoms with Crippen LogP contribution in [-0.4, -0.2) is 172 Å². The van der Waals surface area contributed by atoms with E-state index in [4.69, 9.17) is 29.4 Å². The third kappa shape index (κ3) is 23.6. The average Bonchev–Trinajstić information content (AvgIpc) is 3.65. The van der Waals surface area contributed by atoms with E-state index in [1.807, 2.05) is 59.8 Å². The predicted molar refractivity (Wildman–Crippen MR) is 329 cm³/mol. The van der Waals surface area contributed by atoms with Crippen LogP contribution in [0, 0.1) is 29.6 Å². The number of epoxide rings is 1. The van der Waals surface area contributed by atoms with Crippen LogP contribution in [0.2, 0.25) is 0 Å². The number of unbranched alkanes of at least 4 members (excludes halogenated alkanes) is 2. The highest BCUT2D eigenvalue weighted by molar-refractivity contribution is 6.12. The topological polar surface area (TPSA) is 320 Å². The Kier molecular flexibility index (Phi) is 28.7. The summed E-state index contributed by atoms with van der Waals surface area (Å²) < 4.78 is 29.5. The number of ketones is 2. The maximum absolute atomic E-state index is 14.0. The van der Waals surface area contributed by atoms with Gasteiger partial charge in [-0.3, -0.25) is 38.5 Å². The maximum Gasteiger partial charge on any atom is 0.410 e. The minimum Gasteiger partial charge on any atom is -0.457 e. The summed E-state index contributed by atoms with van der Waals surface area (Å²) in [4.78, 5) is 133. The van der Waals surface area contributed by atoms with Gasteiger partial charge in [0, 0.05) is 95.4 Å². The standard InChI is InChI=1S/C66H96N6O17/c1-10-53(76)45(7)61-55(86-61)36-42(4)16-14-17-43(5)60-44(6)20-25-56(66(9,89-46(8)73)29-28-50(75)39-59(80)88-60)87-65(84)71-34-32-70(33-35-71)64(83)85-40-48-23-21-47(22-24-48)37-54(77)52(19-15-30-68-63(67)82)69-62(81)51(41(2)3)38-49(74)18-12-11-13-31-72-57(78)26-27-58(72)79/h14,16-17,20-27,41-42,44-45,50-53,55-56,60-61,75-76H,10-13,15,18-19,28-40H2,1-9H3,(H,69,81)(H3,67,68,82)/b16-14+,25-20+,43-17+/t42-,44+,45-,50-,51+,52+,53+,55-,56+,60-,61-,66-/m1/s1. The summed E-state index contributed by atoms with van der Waals surface area (Å²) in [5.41, 5.74) is 5.76. The van der Waals surface area contributed by atoms with E-state index in [-0.39, 0.29) is 144 Å². The Morgan fingerprint density at radius 3 is 2.17 bits per heavy atom. The molecule has 2 saturated heterocycles. The van der Waals surface area contributed by atoms with E-state index in [0.717, 1.165) is 16.9 Å². The van der Waals surface area contributed by atoms with E-state index >= 15 is 0 Å². The van der Waals surface area contributed by atoms with Crippen molar-refractivity contribution < 1.29 is 81.8 Å². The van der Waals surface area contributed by atoms with Crippen LogP contribution in [0.4, 0.5) is 14.4 Å². The number of esters is 2. The number of nitrogens with zero attached hydrogens (tertiary/aromatic N) is 3. The predicted octanol–water partition coefficient (Wildman–Crippen LogP) is 6.88. The molecule has 0 aromatic heterocycles.